The van der Waals surface area contributed by atoms with Crippen LogP contribution in [0.4, 0.5) is 5.69 Å². The Morgan fingerprint density at radius 3 is 2.86 bits per heavy atom. The van der Waals surface area contributed by atoms with Gasteiger partial charge < -0.3 is 5.73 Å². The maximum atomic E-state index is 12.5. The van der Waals surface area contributed by atoms with Gasteiger partial charge in [0.05, 0.1) is 5.52 Å². The van der Waals surface area contributed by atoms with Gasteiger partial charge in [-0.2, -0.15) is 11.3 Å². The third-order valence-electron chi connectivity index (χ3n) is 3.10. The van der Waals surface area contributed by atoms with Crippen LogP contribution in [-0.4, -0.2) is 13.4 Å². The van der Waals surface area contributed by atoms with Gasteiger partial charge in [-0.25, -0.2) is 13.1 Å². The maximum absolute atomic E-state index is 12.5. The minimum absolute atomic E-state index is 0.141. The van der Waals surface area contributed by atoms with Gasteiger partial charge in [-0.1, -0.05) is 0 Å². The van der Waals surface area contributed by atoms with Crippen molar-refractivity contribution >= 4 is 38.0 Å². The van der Waals surface area contributed by atoms with Crippen molar-refractivity contribution in [1.82, 2.24) is 9.71 Å². The molecular formula is C14H13N3O2S2. The van der Waals surface area contributed by atoms with Gasteiger partial charge in [-0.05, 0) is 46.7 Å². The number of aromatic nitrogens is 1. The Balaban J connectivity index is 2.01. The standard InChI is InChI=1S/C14H13N3O2S2/c15-12-3-4-13(14-11(12)2-1-6-16-14)21(18,19)17-8-10-5-7-20-9-10/h1-7,9,17H,8,15H2. The molecule has 1 aromatic carbocycles. The summed E-state index contributed by atoms with van der Waals surface area (Å²) in [6.07, 6.45) is 1.56. The van der Waals surface area contributed by atoms with Crippen molar-refractivity contribution < 1.29 is 8.42 Å². The van der Waals surface area contributed by atoms with E-state index in [2.05, 4.69) is 9.71 Å². The first-order chi connectivity index (χ1) is 10.1. The van der Waals surface area contributed by atoms with E-state index in [4.69, 9.17) is 5.73 Å². The maximum Gasteiger partial charge on any atom is 0.243 e. The lowest BCUT2D eigenvalue weighted by Gasteiger charge is -2.09. The predicted octanol–water partition coefficient (Wildman–Crippen LogP) is 2.36. The lowest BCUT2D eigenvalue weighted by molar-refractivity contribution is 0.582. The van der Waals surface area contributed by atoms with Gasteiger partial charge in [0.2, 0.25) is 10.0 Å². The summed E-state index contributed by atoms with van der Waals surface area (Å²) < 4.78 is 27.5. The summed E-state index contributed by atoms with van der Waals surface area (Å²) >= 11 is 1.53. The Bertz CT molecular complexity index is 874. The van der Waals surface area contributed by atoms with E-state index in [9.17, 15) is 8.42 Å². The molecule has 0 saturated heterocycles. The number of nitrogens with one attached hydrogen (secondary N) is 1. The summed E-state index contributed by atoms with van der Waals surface area (Å²) in [5.74, 6) is 0. The second kappa shape index (κ2) is 5.44. The van der Waals surface area contributed by atoms with Gasteiger partial charge in [0.25, 0.3) is 0 Å². The number of thiophene rings is 1. The van der Waals surface area contributed by atoms with Crippen LogP contribution in [0.25, 0.3) is 10.9 Å². The Morgan fingerprint density at radius 2 is 2.10 bits per heavy atom. The number of hydrogen-bond donors (Lipinski definition) is 2. The fourth-order valence-corrected chi connectivity index (χ4v) is 3.88. The van der Waals surface area contributed by atoms with Crippen LogP contribution in [0, 0.1) is 0 Å². The molecule has 7 heteroatoms. The van der Waals surface area contributed by atoms with Crippen LogP contribution < -0.4 is 10.5 Å². The SMILES string of the molecule is Nc1ccc(S(=O)(=O)NCc2ccsc2)c2ncccc12. The van der Waals surface area contributed by atoms with Crippen LogP contribution in [0.15, 0.2) is 52.2 Å². The lowest BCUT2D eigenvalue weighted by atomic mass is 10.2. The summed E-state index contributed by atoms with van der Waals surface area (Å²) in [5.41, 5.74) is 7.69. The van der Waals surface area contributed by atoms with Gasteiger partial charge in [0.15, 0.2) is 0 Å². The third-order valence-corrected chi connectivity index (χ3v) is 5.27. The van der Waals surface area contributed by atoms with Crippen molar-refractivity contribution in [2.75, 3.05) is 5.73 Å². The number of anilines is 1. The molecule has 3 aromatic rings. The fraction of sp³-hybridized carbons (Fsp3) is 0.0714. The number of nitrogens with two attached hydrogens (primary N) is 1. The van der Waals surface area contributed by atoms with Gasteiger partial charge in [0, 0.05) is 23.8 Å². The lowest BCUT2D eigenvalue weighted by Crippen LogP contribution is -2.23. The fourth-order valence-electron chi connectivity index (χ4n) is 2.03. The molecule has 0 aliphatic heterocycles. The second-order valence-electron chi connectivity index (χ2n) is 4.51. The summed E-state index contributed by atoms with van der Waals surface area (Å²) in [4.78, 5) is 4.30. The highest BCUT2D eigenvalue weighted by atomic mass is 32.2. The average Bonchev–Trinajstić information content (AvgIpc) is 2.99. The van der Waals surface area contributed by atoms with Crippen molar-refractivity contribution in [2.45, 2.75) is 11.4 Å². The molecule has 5 nitrogen and oxygen atoms in total. The van der Waals surface area contributed by atoms with Crippen molar-refractivity contribution in [3.8, 4) is 0 Å². The first kappa shape index (κ1) is 14.0. The van der Waals surface area contributed by atoms with E-state index in [-0.39, 0.29) is 11.4 Å². The quantitative estimate of drug-likeness (QED) is 0.723. The molecular weight excluding hydrogens is 306 g/mol. The van der Waals surface area contributed by atoms with Crippen molar-refractivity contribution in [3.05, 3.63) is 52.9 Å². The molecule has 2 heterocycles. The van der Waals surface area contributed by atoms with Gasteiger partial charge in [-0.3, -0.25) is 4.98 Å². The highest BCUT2D eigenvalue weighted by molar-refractivity contribution is 7.89. The molecule has 3 N–H and O–H groups in total. The monoisotopic (exact) mass is 319 g/mol. The Hall–Kier alpha value is -1.96. The number of sulfonamides is 1. The number of nitrogen functional groups attached to an aromatic ring is 1. The van der Waals surface area contributed by atoms with Crippen molar-refractivity contribution in [3.63, 3.8) is 0 Å². The minimum Gasteiger partial charge on any atom is -0.398 e. The largest absolute Gasteiger partial charge is 0.398 e. The van der Waals surface area contributed by atoms with E-state index in [1.54, 1.807) is 24.4 Å². The number of hydrogen-bond acceptors (Lipinski definition) is 5. The highest BCUT2D eigenvalue weighted by Gasteiger charge is 2.18. The van der Waals surface area contributed by atoms with Crippen LogP contribution in [-0.2, 0) is 16.6 Å². The van der Waals surface area contributed by atoms with E-state index in [1.807, 2.05) is 16.8 Å². The first-order valence-electron chi connectivity index (χ1n) is 6.22. The second-order valence-corrected chi connectivity index (χ2v) is 7.02. The molecule has 0 atom stereocenters. The summed E-state index contributed by atoms with van der Waals surface area (Å²) in [7, 11) is -3.64. The highest BCUT2D eigenvalue weighted by Crippen LogP contribution is 2.25. The number of rotatable bonds is 4. The number of nitrogens with zero attached hydrogens (tertiary/aromatic N) is 1. The van der Waals surface area contributed by atoms with E-state index in [0.29, 0.717) is 16.6 Å². The minimum atomic E-state index is -3.64. The molecule has 21 heavy (non-hydrogen) atoms. The molecule has 0 fully saturated rings. The van der Waals surface area contributed by atoms with E-state index in [0.717, 1.165) is 5.56 Å². The van der Waals surface area contributed by atoms with Crippen molar-refractivity contribution in [1.29, 1.82) is 0 Å². The van der Waals surface area contributed by atoms with Crippen molar-refractivity contribution in [2.24, 2.45) is 0 Å². The number of pyridine rings is 1. The molecule has 0 bridgehead atoms. The topological polar surface area (TPSA) is 85.1 Å². The zero-order chi connectivity index (χ0) is 14.9. The Kier molecular flexibility index (Phi) is 3.62. The van der Waals surface area contributed by atoms with Crippen LogP contribution in [0.3, 0.4) is 0 Å². The molecule has 0 radical (unpaired) electrons. The number of fused-ring (bicyclic) bond motifs is 1. The molecule has 108 valence electrons. The smallest absolute Gasteiger partial charge is 0.243 e. The molecule has 0 amide bonds. The van der Waals surface area contributed by atoms with E-state index < -0.39 is 10.0 Å². The van der Waals surface area contributed by atoms with Gasteiger partial charge in [-0.15, -0.1) is 0 Å². The van der Waals surface area contributed by atoms with Gasteiger partial charge in [0.1, 0.15) is 4.90 Å². The third kappa shape index (κ3) is 2.76. The van der Waals surface area contributed by atoms with Crippen LogP contribution >= 0.6 is 11.3 Å². The molecule has 0 spiro atoms. The Morgan fingerprint density at radius 1 is 1.24 bits per heavy atom. The molecule has 3 rings (SSSR count). The zero-order valence-corrected chi connectivity index (χ0v) is 12.6. The predicted molar refractivity (Wildman–Crippen MR) is 84.5 cm³/mol. The van der Waals surface area contributed by atoms with Crippen LogP contribution in [0.5, 0.6) is 0 Å². The normalized spacial score (nSPS) is 11.8. The molecule has 0 saturated carbocycles. The Labute approximate surface area is 126 Å². The molecule has 0 aliphatic carbocycles. The van der Waals surface area contributed by atoms with E-state index >= 15 is 0 Å². The summed E-state index contributed by atoms with van der Waals surface area (Å²) in [6.45, 7) is 0.255. The number of benzene rings is 1. The average molecular weight is 319 g/mol. The molecule has 2 aromatic heterocycles. The van der Waals surface area contributed by atoms with Crippen LogP contribution in [0.2, 0.25) is 0 Å². The van der Waals surface area contributed by atoms with Crippen LogP contribution in [0.1, 0.15) is 5.56 Å². The van der Waals surface area contributed by atoms with Gasteiger partial charge >= 0.3 is 0 Å². The first-order valence-corrected chi connectivity index (χ1v) is 8.64. The zero-order valence-electron chi connectivity index (χ0n) is 11.0. The summed E-state index contributed by atoms with van der Waals surface area (Å²) in [6, 6.07) is 8.44. The summed E-state index contributed by atoms with van der Waals surface area (Å²) in [5, 5.41) is 4.45. The van der Waals surface area contributed by atoms with E-state index in [1.165, 1.54) is 17.4 Å². The molecule has 0 aliphatic rings. The molecule has 0 unspecified atom stereocenters.